The van der Waals surface area contributed by atoms with Crippen molar-refractivity contribution < 1.29 is 5.11 Å². The lowest BCUT2D eigenvalue weighted by molar-refractivity contribution is 0.194. The van der Waals surface area contributed by atoms with Gasteiger partial charge >= 0.3 is 0 Å². The number of hydrogen-bond donors (Lipinski definition) is 1. The Morgan fingerprint density at radius 3 is 2.77 bits per heavy atom. The Labute approximate surface area is 78.7 Å². The van der Waals surface area contributed by atoms with Crippen LogP contribution in [0.5, 0.6) is 0 Å². The molecule has 1 aromatic carbocycles. The highest BCUT2D eigenvalue weighted by Gasteiger charge is 2.12. The van der Waals surface area contributed by atoms with Gasteiger partial charge in [0.25, 0.3) is 0 Å². The van der Waals surface area contributed by atoms with E-state index < -0.39 is 6.10 Å². The maximum absolute atomic E-state index is 9.61. The van der Waals surface area contributed by atoms with Crippen molar-refractivity contribution in [2.24, 2.45) is 0 Å². The van der Waals surface area contributed by atoms with E-state index in [1.807, 2.05) is 32.0 Å². The van der Waals surface area contributed by atoms with Crippen LogP contribution in [0.3, 0.4) is 0 Å². The van der Waals surface area contributed by atoms with Crippen LogP contribution < -0.4 is 0 Å². The van der Waals surface area contributed by atoms with Crippen LogP contribution in [0.4, 0.5) is 0 Å². The topological polar surface area (TPSA) is 24.6 Å². The predicted molar refractivity (Wildman–Crippen MR) is 52.3 cm³/mol. The summed E-state index contributed by atoms with van der Waals surface area (Å²) in [6, 6.07) is 5.91. The molecule has 68 valence electrons. The van der Waals surface area contributed by atoms with Crippen molar-refractivity contribution in [2.45, 2.75) is 20.0 Å². The number of aryl methyl sites for hydroxylation is 2. The zero-order valence-electron chi connectivity index (χ0n) is 7.91. The normalized spacial score (nSPS) is 12.2. The van der Waals surface area contributed by atoms with Crippen LogP contribution >= 0.6 is 0 Å². The molecule has 2 nitrogen and oxygen atoms in total. The van der Waals surface area contributed by atoms with Gasteiger partial charge in [-0.1, -0.05) is 23.8 Å². The molecule has 0 fully saturated rings. The van der Waals surface area contributed by atoms with Crippen LogP contribution in [0.2, 0.25) is 0 Å². The molecule has 0 amide bonds. The molecule has 0 saturated heterocycles. The standard InChI is InChI=1S/C11H13NO/c1-8-4-5-9(2)10(6-8)11(13)7-12-3/h4-6,11,13H,7H2,1-2H3. The van der Waals surface area contributed by atoms with E-state index >= 15 is 0 Å². The second kappa shape index (κ2) is 4.06. The fourth-order valence-electron chi connectivity index (χ4n) is 1.30. The molecule has 0 saturated carbocycles. The van der Waals surface area contributed by atoms with E-state index in [9.17, 15) is 5.11 Å². The van der Waals surface area contributed by atoms with Gasteiger partial charge in [0.2, 0.25) is 6.54 Å². The largest absolute Gasteiger partial charge is 0.381 e. The van der Waals surface area contributed by atoms with E-state index in [1.165, 1.54) is 0 Å². The fourth-order valence-corrected chi connectivity index (χ4v) is 1.30. The molecule has 0 heterocycles. The van der Waals surface area contributed by atoms with Crippen LogP contribution in [-0.2, 0) is 0 Å². The molecule has 2 heteroatoms. The average Bonchev–Trinajstić information content (AvgIpc) is 2.09. The Hall–Kier alpha value is -1.33. The summed E-state index contributed by atoms with van der Waals surface area (Å²) in [5, 5.41) is 9.61. The van der Waals surface area contributed by atoms with Crippen LogP contribution in [0.25, 0.3) is 4.85 Å². The molecule has 1 rings (SSSR count). The van der Waals surface area contributed by atoms with Gasteiger partial charge in [0.1, 0.15) is 0 Å². The minimum Gasteiger partial charge on any atom is -0.381 e. The third-order valence-corrected chi connectivity index (χ3v) is 2.06. The Morgan fingerprint density at radius 1 is 1.46 bits per heavy atom. The van der Waals surface area contributed by atoms with Crippen molar-refractivity contribution in [1.29, 1.82) is 0 Å². The number of benzene rings is 1. The van der Waals surface area contributed by atoms with Gasteiger partial charge < -0.3 is 9.95 Å². The molecule has 13 heavy (non-hydrogen) atoms. The molecule has 0 aromatic heterocycles. The minimum atomic E-state index is -0.641. The number of aliphatic hydroxyl groups is 1. The van der Waals surface area contributed by atoms with E-state index in [0.717, 1.165) is 16.7 Å². The highest BCUT2D eigenvalue weighted by Crippen LogP contribution is 2.19. The quantitative estimate of drug-likeness (QED) is 0.685. The molecular weight excluding hydrogens is 162 g/mol. The van der Waals surface area contributed by atoms with Crippen molar-refractivity contribution in [2.75, 3.05) is 6.54 Å². The van der Waals surface area contributed by atoms with Gasteiger partial charge in [0, 0.05) is 0 Å². The lowest BCUT2D eigenvalue weighted by Crippen LogP contribution is -2.02. The van der Waals surface area contributed by atoms with Crippen LogP contribution in [-0.4, -0.2) is 11.7 Å². The smallest absolute Gasteiger partial charge is 0.244 e. The second-order valence-corrected chi connectivity index (χ2v) is 3.22. The third-order valence-electron chi connectivity index (χ3n) is 2.06. The van der Waals surface area contributed by atoms with Crippen molar-refractivity contribution in [1.82, 2.24) is 0 Å². The first kappa shape index (κ1) is 9.76. The van der Waals surface area contributed by atoms with Gasteiger partial charge in [-0.05, 0) is 25.0 Å². The van der Waals surface area contributed by atoms with E-state index in [2.05, 4.69) is 4.85 Å². The summed E-state index contributed by atoms with van der Waals surface area (Å²) in [4.78, 5) is 3.18. The summed E-state index contributed by atoms with van der Waals surface area (Å²) >= 11 is 0. The van der Waals surface area contributed by atoms with E-state index in [1.54, 1.807) is 0 Å². The van der Waals surface area contributed by atoms with E-state index in [4.69, 9.17) is 6.57 Å². The second-order valence-electron chi connectivity index (χ2n) is 3.22. The van der Waals surface area contributed by atoms with Gasteiger partial charge in [-0.15, -0.1) is 0 Å². The first-order valence-electron chi connectivity index (χ1n) is 4.23. The SMILES string of the molecule is [C-]#[N+]CC(O)c1cc(C)ccc1C. The first-order valence-corrected chi connectivity index (χ1v) is 4.23. The molecule has 0 bridgehead atoms. The van der Waals surface area contributed by atoms with E-state index in [-0.39, 0.29) is 6.54 Å². The monoisotopic (exact) mass is 175 g/mol. The molecule has 1 aromatic rings. The Morgan fingerprint density at radius 2 is 2.15 bits per heavy atom. The molecule has 1 N–H and O–H groups in total. The summed E-state index contributed by atoms with van der Waals surface area (Å²) in [5.74, 6) is 0. The lowest BCUT2D eigenvalue weighted by Gasteiger charge is -2.09. The highest BCUT2D eigenvalue weighted by atomic mass is 16.3. The van der Waals surface area contributed by atoms with E-state index in [0.29, 0.717) is 0 Å². The Bertz CT molecular complexity index is 338. The van der Waals surface area contributed by atoms with Gasteiger partial charge in [0.05, 0.1) is 0 Å². The summed E-state index contributed by atoms with van der Waals surface area (Å²) in [5.41, 5.74) is 3.03. The fraction of sp³-hybridized carbons (Fsp3) is 0.364. The van der Waals surface area contributed by atoms with Gasteiger partial charge in [-0.2, -0.15) is 0 Å². The van der Waals surface area contributed by atoms with Gasteiger partial charge in [0.15, 0.2) is 6.10 Å². The van der Waals surface area contributed by atoms with Gasteiger partial charge in [-0.25, -0.2) is 6.57 Å². The highest BCUT2D eigenvalue weighted by molar-refractivity contribution is 5.32. The Kier molecular flexibility index (Phi) is 3.05. The maximum atomic E-state index is 9.61. The molecule has 1 unspecified atom stereocenters. The van der Waals surface area contributed by atoms with Crippen LogP contribution in [0.1, 0.15) is 22.8 Å². The molecule has 0 radical (unpaired) electrons. The van der Waals surface area contributed by atoms with Gasteiger partial charge in [-0.3, -0.25) is 0 Å². The van der Waals surface area contributed by atoms with Crippen LogP contribution in [0.15, 0.2) is 18.2 Å². The maximum Gasteiger partial charge on any atom is 0.244 e. The van der Waals surface area contributed by atoms with Crippen molar-refractivity contribution >= 4 is 0 Å². The lowest BCUT2D eigenvalue weighted by atomic mass is 10.0. The average molecular weight is 175 g/mol. The Balaban J connectivity index is 3.00. The minimum absolute atomic E-state index is 0.143. The van der Waals surface area contributed by atoms with Crippen molar-refractivity contribution in [3.8, 4) is 0 Å². The van der Waals surface area contributed by atoms with Crippen molar-refractivity contribution in [3.05, 3.63) is 46.3 Å². The molecule has 0 aliphatic heterocycles. The zero-order chi connectivity index (χ0) is 9.84. The molecule has 0 aliphatic carbocycles. The molecule has 1 atom stereocenters. The zero-order valence-corrected chi connectivity index (χ0v) is 7.91. The summed E-state index contributed by atoms with van der Waals surface area (Å²) in [7, 11) is 0. The number of rotatable bonds is 2. The predicted octanol–water partition coefficient (Wildman–Crippen LogP) is 2.26. The number of nitrogens with zero attached hydrogens (tertiary/aromatic N) is 1. The number of aliphatic hydroxyl groups excluding tert-OH is 1. The molecule has 0 spiro atoms. The van der Waals surface area contributed by atoms with Crippen molar-refractivity contribution in [3.63, 3.8) is 0 Å². The first-order chi connectivity index (χ1) is 6.15. The van der Waals surface area contributed by atoms with Crippen LogP contribution in [0, 0.1) is 20.4 Å². The number of hydrogen-bond acceptors (Lipinski definition) is 1. The molecule has 0 aliphatic rings. The summed E-state index contributed by atoms with van der Waals surface area (Å²) in [6.45, 7) is 10.7. The molecular formula is C11H13NO. The third kappa shape index (κ3) is 2.30. The summed E-state index contributed by atoms with van der Waals surface area (Å²) in [6.07, 6.45) is -0.641. The summed E-state index contributed by atoms with van der Waals surface area (Å²) < 4.78 is 0.